The van der Waals surface area contributed by atoms with E-state index in [0.717, 1.165) is 0 Å². The van der Waals surface area contributed by atoms with Crippen molar-refractivity contribution in [2.45, 2.75) is 26.3 Å². The topological polar surface area (TPSA) is 66.8 Å². The van der Waals surface area contributed by atoms with Crippen LogP contribution < -0.4 is 0 Å². The van der Waals surface area contributed by atoms with Crippen LogP contribution in [0, 0.1) is 5.41 Å². The standard InChI is InChI=1S/C10H17NO4/c1-9(2,3)11(4)7(12)10(8(13)14)5-15-6-10/h5-6H2,1-4H3,(H,13,14). The van der Waals surface area contributed by atoms with Crippen LogP contribution in [0.5, 0.6) is 0 Å². The summed E-state index contributed by atoms with van der Waals surface area (Å²) in [5.74, 6) is -1.48. The molecule has 0 radical (unpaired) electrons. The fourth-order valence-electron chi connectivity index (χ4n) is 1.27. The van der Waals surface area contributed by atoms with Crippen LogP contribution in [0.25, 0.3) is 0 Å². The fourth-order valence-corrected chi connectivity index (χ4v) is 1.27. The number of amides is 1. The predicted molar refractivity (Wildman–Crippen MR) is 53.4 cm³/mol. The molecule has 1 amide bonds. The number of nitrogens with zero attached hydrogens (tertiary/aromatic N) is 1. The van der Waals surface area contributed by atoms with E-state index in [9.17, 15) is 9.59 Å². The van der Waals surface area contributed by atoms with E-state index in [-0.39, 0.29) is 24.7 Å². The first-order chi connectivity index (χ1) is 6.72. The fraction of sp³-hybridized carbons (Fsp3) is 0.800. The number of carboxylic acids is 1. The molecule has 0 saturated carbocycles. The Kier molecular flexibility index (Phi) is 2.78. The van der Waals surface area contributed by atoms with E-state index < -0.39 is 11.4 Å². The molecule has 1 fully saturated rings. The molecule has 1 N–H and O–H groups in total. The number of hydrogen-bond acceptors (Lipinski definition) is 3. The lowest BCUT2D eigenvalue weighted by molar-refractivity contribution is -0.192. The van der Waals surface area contributed by atoms with Gasteiger partial charge in [0.15, 0.2) is 5.41 Å². The maximum Gasteiger partial charge on any atom is 0.324 e. The smallest absolute Gasteiger partial charge is 0.324 e. The molecular formula is C10H17NO4. The van der Waals surface area contributed by atoms with E-state index in [1.54, 1.807) is 7.05 Å². The van der Waals surface area contributed by atoms with Crippen LogP contribution in [0.4, 0.5) is 0 Å². The minimum absolute atomic E-state index is 0.0262. The molecule has 0 aromatic heterocycles. The number of carbonyl (C=O) groups is 2. The number of rotatable bonds is 2. The average molecular weight is 215 g/mol. The predicted octanol–water partition coefficient (Wildman–Crippen LogP) is 0.344. The van der Waals surface area contributed by atoms with Gasteiger partial charge >= 0.3 is 5.97 Å². The van der Waals surface area contributed by atoms with Crippen LogP contribution >= 0.6 is 0 Å². The first-order valence-electron chi connectivity index (χ1n) is 4.81. The average Bonchev–Trinajstić information content (AvgIpc) is 1.97. The third kappa shape index (κ3) is 1.84. The Bertz CT molecular complexity index is 288. The molecule has 1 aliphatic rings. The Morgan fingerprint density at radius 3 is 2.00 bits per heavy atom. The maximum absolute atomic E-state index is 12.0. The molecule has 0 spiro atoms. The molecule has 0 bridgehead atoms. The minimum Gasteiger partial charge on any atom is -0.480 e. The summed E-state index contributed by atoms with van der Waals surface area (Å²) in [4.78, 5) is 24.5. The summed E-state index contributed by atoms with van der Waals surface area (Å²) >= 11 is 0. The summed E-state index contributed by atoms with van der Waals surface area (Å²) in [6.07, 6.45) is 0. The Hall–Kier alpha value is -1.10. The van der Waals surface area contributed by atoms with Crippen molar-refractivity contribution in [3.05, 3.63) is 0 Å². The second-order valence-corrected chi connectivity index (χ2v) is 4.92. The molecule has 0 atom stereocenters. The van der Waals surface area contributed by atoms with Gasteiger partial charge in [-0.1, -0.05) is 0 Å². The lowest BCUT2D eigenvalue weighted by atomic mass is 9.83. The van der Waals surface area contributed by atoms with Crippen molar-refractivity contribution in [3.63, 3.8) is 0 Å². The molecule has 5 heteroatoms. The van der Waals surface area contributed by atoms with Crippen molar-refractivity contribution < 1.29 is 19.4 Å². The lowest BCUT2D eigenvalue weighted by Gasteiger charge is -2.42. The van der Waals surface area contributed by atoms with Gasteiger partial charge in [-0.2, -0.15) is 0 Å². The zero-order valence-corrected chi connectivity index (χ0v) is 9.53. The largest absolute Gasteiger partial charge is 0.480 e. The summed E-state index contributed by atoms with van der Waals surface area (Å²) in [5, 5.41) is 9.04. The van der Waals surface area contributed by atoms with Crippen LogP contribution in [-0.2, 0) is 14.3 Å². The van der Waals surface area contributed by atoms with Crippen LogP contribution in [0.15, 0.2) is 0 Å². The van der Waals surface area contributed by atoms with Crippen LogP contribution in [0.3, 0.4) is 0 Å². The quantitative estimate of drug-likeness (QED) is 0.675. The van der Waals surface area contributed by atoms with Gasteiger partial charge in [-0.15, -0.1) is 0 Å². The van der Waals surface area contributed by atoms with Gasteiger partial charge in [0, 0.05) is 12.6 Å². The first kappa shape index (κ1) is 12.0. The molecule has 1 rings (SSSR count). The second kappa shape index (κ2) is 3.48. The van der Waals surface area contributed by atoms with Crippen molar-refractivity contribution in [3.8, 4) is 0 Å². The van der Waals surface area contributed by atoms with Crippen molar-refractivity contribution in [2.24, 2.45) is 5.41 Å². The van der Waals surface area contributed by atoms with E-state index in [4.69, 9.17) is 9.84 Å². The molecule has 0 aliphatic carbocycles. The Labute approximate surface area is 89.0 Å². The highest BCUT2D eigenvalue weighted by atomic mass is 16.5. The van der Waals surface area contributed by atoms with Crippen molar-refractivity contribution in [1.82, 2.24) is 4.90 Å². The summed E-state index contributed by atoms with van der Waals surface area (Å²) in [5.41, 5.74) is -1.74. The SMILES string of the molecule is CN(C(=O)C1(C(=O)O)COC1)C(C)(C)C. The van der Waals surface area contributed by atoms with Gasteiger partial charge in [-0.25, -0.2) is 0 Å². The zero-order chi connectivity index (χ0) is 11.9. The van der Waals surface area contributed by atoms with Crippen LogP contribution in [0.1, 0.15) is 20.8 Å². The van der Waals surface area contributed by atoms with E-state index in [1.165, 1.54) is 4.90 Å². The number of carbonyl (C=O) groups excluding carboxylic acids is 1. The van der Waals surface area contributed by atoms with Crippen LogP contribution in [0.2, 0.25) is 0 Å². The number of aliphatic carboxylic acids is 1. The van der Waals surface area contributed by atoms with Gasteiger partial charge in [-0.05, 0) is 20.8 Å². The molecule has 1 saturated heterocycles. The summed E-state index contributed by atoms with van der Waals surface area (Å²) in [6, 6.07) is 0. The highest BCUT2D eigenvalue weighted by Gasteiger charge is 2.55. The lowest BCUT2D eigenvalue weighted by Crippen LogP contribution is -2.61. The summed E-state index contributed by atoms with van der Waals surface area (Å²) < 4.78 is 4.86. The Morgan fingerprint density at radius 1 is 1.33 bits per heavy atom. The van der Waals surface area contributed by atoms with Gasteiger partial charge < -0.3 is 14.7 Å². The second-order valence-electron chi connectivity index (χ2n) is 4.92. The van der Waals surface area contributed by atoms with Gasteiger partial charge in [0.05, 0.1) is 13.2 Å². The normalized spacial score (nSPS) is 19.2. The van der Waals surface area contributed by atoms with Crippen LogP contribution in [-0.4, -0.2) is 47.7 Å². The van der Waals surface area contributed by atoms with Gasteiger partial charge in [-0.3, -0.25) is 9.59 Å². The molecule has 0 unspecified atom stereocenters. The van der Waals surface area contributed by atoms with Gasteiger partial charge in [0.2, 0.25) is 5.91 Å². The highest BCUT2D eigenvalue weighted by Crippen LogP contribution is 2.32. The van der Waals surface area contributed by atoms with Gasteiger partial charge in [0.25, 0.3) is 0 Å². The van der Waals surface area contributed by atoms with E-state index in [2.05, 4.69) is 0 Å². The molecule has 1 aliphatic heterocycles. The third-order valence-corrected chi connectivity index (χ3v) is 2.83. The first-order valence-corrected chi connectivity index (χ1v) is 4.81. The highest BCUT2D eigenvalue weighted by molar-refractivity contribution is 6.03. The van der Waals surface area contributed by atoms with E-state index in [1.807, 2.05) is 20.8 Å². The molecule has 5 nitrogen and oxygen atoms in total. The molecule has 0 aromatic carbocycles. The zero-order valence-electron chi connectivity index (χ0n) is 9.53. The van der Waals surface area contributed by atoms with Crippen molar-refractivity contribution in [1.29, 1.82) is 0 Å². The monoisotopic (exact) mass is 215 g/mol. The van der Waals surface area contributed by atoms with Gasteiger partial charge in [0.1, 0.15) is 0 Å². The number of carboxylic acid groups (broad SMARTS) is 1. The minimum atomic E-state index is -1.36. The molecule has 0 aromatic rings. The number of hydrogen-bond donors (Lipinski definition) is 1. The summed E-state index contributed by atoms with van der Waals surface area (Å²) in [6.45, 7) is 5.53. The van der Waals surface area contributed by atoms with Crippen molar-refractivity contribution in [2.75, 3.05) is 20.3 Å². The summed E-state index contributed by atoms with van der Waals surface area (Å²) in [7, 11) is 1.62. The third-order valence-electron chi connectivity index (χ3n) is 2.83. The van der Waals surface area contributed by atoms with E-state index >= 15 is 0 Å². The van der Waals surface area contributed by atoms with Crippen molar-refractivity contribution >= 4 is 11.9 Å². The number of ether oxygens (including phenoxy) is 1. The molecular weight excluding hydrogens is 198 g/mol. The Morgan fingerprint density at radius 2 is 1.80 bits per heavy atom. The molecule has 86 valence electrons. The van der Waals surface area contributed by atoms with E-state index in [0.29, 0.717) is 0 Å². The Balaban J connectivity index is 2.88. The molecule has 15 heavy (non-hydrogen) atoms. The molecule has 1 heterocycles. The maximum atomic E-state index is 12.0.